The zero-order valence-electron chi connectivity index (χ0n) is 9.43. The molecule has 0 bridgehead atoms. The third kappa shape index (κ3) is 2.72. The first-order valence-corrected chi connectivity index (χ1v) is 5.71. The van der Waals surface area contributed by atoms with Crippen LogP contribution in [0.4, 0.5) is 0 Å². The summed E-state index contributed by atoms with van der Waals surface area (Å²) in [4.78, 5) is 11.1. The van der Waals surface area contributed by atoms with Gasteiger partial charge in [0.15, 0.2) is 0 Å². The standard InChI is InChI=1S/C14H16O2/c1-2-16-14(15)9-8-12-10-13(12)11-6-4-3-5-7-11/h3-9,12-13H,2,10H2,1H3/t12-,13-/m1/s1. The molecule has 2 nitrogen and oxygen atoms in total. The van der Waals surface area contributed by atoms with Crippen LogP contribution >= 0.6 is 0 Å². The van der Waals surface area contributed by atoms with E-state index in [-0.39, 0.29) is 5.97 Å². The van der Waals surface area contributed by atoms with E-state index in [9.17, 15) is 4.79 Å². The quantitative estimate of drug-likeness (QED) is 0.571. The van der Waals surface area contributed by atoms with E-state index in [0.29, 0.717) is 18.4 Å². The third-order valence-corrected chi connectivity index (χ3v) is 2.83. The predicted molar refractivity (Wildman–Crippen MR) is 63.1 cm³/mol. The van der Waals surface area contributed by atoms with Crippen molar-refractivity contribution in [2.45, 2.75) is 19.3 Å². The molecule has 0 amide bonds. The maximum absolute atomic E-state index is 11.1. The van der Waals surface area contributed by atoms with Crippen LogP contribution in [0.25, 0.3) is 0 Å². The molecule has 0 spiro atoms. The van der Waals surface area contributed by atoms with Crippen molar-refractivity contribution < 1.29 is 9.53 Å². The van der Waals surface area contributed by atoms with Crippen LogP contribution < -0.4 is 0 Å². The summed E-state index contributed by atoms with van der Waals surface area (Å²) in [6.45, 7) is 2.26. The first-order valence-electron chi connectivity index (χ1n) is 5.71. The maximum Gasteiger partial charge on any atom is 0.330 e. The van der Waals surface area contributed by atoms with Crippen molar-refractivity contribution in [3.8, 4) is 0 Å². The summed E-state index contributed by atoms with van der Waals surface area (Å²) in [6.07, 6.45) is 4.66. The highest BCUT2D eigenvalue weighted by molar-refractivity contribution is 5.82. The molecule has 0 heterocycles. The minimum atomic E-state index is -0.235. The second-order valence-corrected chi connectivity index (χ2v) is 4.03. The Hall–Kier alpha value is -1.57. The van der Waals surface area contributed by atoms with E-state index in [0.717, 1.165) is 6.42 Å². The second-order valence-electron chi connectivity index (χ2n) is 4.03. The van der Waals surface area contributed by atoms with Crippen molar-refractivity contribution >= 4 is 5.97 Å². The van der Waals surface area contributed by atoms with Gasteiger partial charge in [0, 0.05) is 6.08 Å². The van der Waals surface area contributed by atoms with Crippen molar-refractivity contribution in [2.24, 2.45) is 5.92 Å². The molecule has 2 rings (SSSR count). The van der Waals surface area contributed by atoms with Crippen molar-refractivity contribution in [3.63, 3.8) is 0 Å². The smallest absolute Gasteiger partial charge is 0.330 e. The van der Waals surface area contributed by atoms with E-state index in [1.54, 1.807) is 6.08 Å². The van der Waals surface area contributed by atoms with Gasteiger partial charge < -0.3 is 4.74 Å². The van der Waals surface area contributed by atoms with Crippen LogP contribution in [0.15, 0.2) is 42.5 Å². The highest BCUT2D eigenvalue weighted by Crippen LogP contribution is 2.48. The Bertz CT molecular complexity index is 381. The van der Waals surface area contributed by atoms with Gasteiger partial charge in [0.05, 0.1) is 6.61 Å². The van der Waals surface area contributed by atoms with Gasteiger partial charge >= 0.3 is 5.97 Å². The molecule has 0 aliphatic heterocycles. The minimum Gasteiger partial charge on any atom is -0.463 e. The van der Waals surface area contributed by atoms with Gasteiger partial charge in [-0.3, -0.25) is 0 Å². The summed E-state index contributed by atoms with van der Waals surface area (Å²) in [5.74, 6) is 0.861. The molecule has 0 unspecified atom stereocenters. The Morgan fingerprint density at radius 1 is 1.44 bits per heavy atom. The zero-order chi connectivity index (χ0) is 11.4. The monoisotopic (exact) mass is 216 g/mol. The SMILES string of the molecule is CCOC(=O)C=C[C@@H]1C[C@@H]1c1ccccc1. The van der Waals surface area contributed by atoms with Gasteiger partial charge in [0.1, 0.15) is 0 Å². The number of carbonyl (C=O) groups is 1. The van der Waals surface area contributed by atoms with Gasteiger partial charge in [-0.05, 0) is 30.7 Å². The van der Waals surface area contributed by atoms with E-state index < -0.39 is 0 Å². The largest absolute Gasteiger partial charge is 0.463 e. The first-order chi connectivity index (χ1) is 7.81. The van der Waals surface area contributed by atoms with Crippen LogP contribution in [0, 0.1) is 5.92 Å². The van der Waals surface area contributed by atoms with Gasteiger partial charge in [-0.1, -0.05) is 36.4 Å². The van der Waals surface area contributed by atoms with E-state index in [4.69, 9.17) is 4.74 Å². The fourth-order valence-corrected chi connectivity index (χ4v) is 1.90. The summed E-state index contributed by atoms with van der Waals surface area (Å²) in [7, 11) is 0. The summed E-state index contributed by atoms with van der Waals surface area (Å²) in [6, 6.07) is 10.4. The van der Waals surface area contributed by atoms with Crippen LogP contribution in [0.2, 0.25) is 0 Å². The van der Waals surface area contributed by atoms with E-state index in [1.807, 2.05) is 19.1 Å². The molecule has 1 fully saturated rings. The number of ether oxygens (including phenoxy) is 1. The number of hydrogen-bond acceptors (Lipinski definition) is 2. The highest BCUT2D eigenvalue weighted by atomic mass is 16.5. The van der Waals surface area contributed by atoms with Gasteiger partial charge in [-0.15, -0.1) is 0 Å². The molecular weight excluding hydrogens is 200 g/mol. The molecule has 0 saturated heterocycles. The van der Waals surface area contributed by atoms with Crippen LogP contribution in [0.1, 0.15) is 24.8 Å². The minimum absolute atomic E-state index is 0.235. The fourth-order valence-electron chi connectivity index (χ4n) is 1.90. The van der Waals surface area contributed by atoms with Crippen LogP contribution in [-0.4, -0.2) is 12.6 Å². The summed E-state index contributed by atoms with van der Waals surface area (Å²) >= 11 is 0. The van der Waals surface area contributed by atoms with Crippen molar-refractivity contribution in [1.82, 2.24) is 0 Å². The zero-order valence-corrected chi connectivity index (χ0v) is 9.43. The number of benzene rings is 1. The molecule has 1 aromatic rings. The molecule has 0 radical (unpaired) electrons. The average Bonchev–Trinajstić information content (AvgIpc) is 3.07. The Labute approximate surface area is 95.9 Å². The molecule has 1 aromatic carbocycles. The molecule has 1 aliphatic rings. The predicted octanol–water partition coefficient (Wildman–Crippen LogP) is 2.91. The number of allylic oxidation sites excluding steroid dienone is 1. The topological polar surface area (TPSA) is 26.3 Å². The van der Waals surface area contributed by atoms with E-state index in [1.165, 1.54) is 5.56 Å². The van der Waals surface area contributed by atoms with Crippen molar-refractivity contribution in [1.29, 1.82) is 0 Å². The molecule has 0 N–H and O–H groups in total. The molecule has 16 heavy (non-hydrogen) atoms. The average molecular weight is 216 g/mol. The van der Waals surface area contributed by atoms with Crippen LogP contribution in [-0.2, 0) is 9.53 Å². The number of esters is 1. The lowest BCUT2D eigenvalue weighted by Gasteiger charge is -1.96. The lowest BCUT2D eigenvalue weighted by molar-refractivity contribution is -0.137. The molecule has 2 atom stereocenters. The molecule has 2 heteroatoms. The maximum atomic E-state index is 11.1. The van der Waals surface area contributed by atoms with Gasteiger partial charge in [0.25, 0.3) is 0 Å². The number of hydrogen-bond donors (Lipinski definition) is 0. The van der Waals surface area contributed by atoms with Gasteiger partial charge in [0.2, 0.25) is 0 Å². The summed E-state index contributed by atoms with van der Waals surface area (Å²) in [5, 5.41) is 0. The Morgan fingerprint density at radius 3 is 2.88 bits per heavy atom. The summed E-state index contributed by atoms with van der Waals surface area (Å²) in [5.41, 5.74) is 1.36. The Kier molecular flexibility index (Phi) is 3.40. The van der Waals surface area contributed by atoms with Gasteiger partial charge in [-0.2, -0.15) is 0 Å². The molecule has 1 aliphatic carbocycles. The molecule has 0 aromatic heterocycles. The Balaban J connectivity index is 1.86. The molecular formula is C14H16O2. The lowest BCUT2D eigenvalue weighted by atomic mass is 10.1. The first kappa shape index (κ1) is 10.9. The van der Waals surface area contributed by atoms with E-state index in [2.05, 4.69) is 24.3 Å². The van der Waals surface area contributed by atoms with Crippen LogP contribution in [0.5, 0.6) is 0 Å². The van der Waals surface area contributed by atoms with Crippen molar-refractivity contribution in [3.05, 3.63) is 48.0 Å². The van der Waals surface area contributed by atoms with Crippen LogP contribution in [0.3, 0.4) is 0 Å². The van der Waals surface area contributed by atoms with E-state index >= 15 is 0 Å². The number of carbonyl (C=O) groups excluding carboxylic acids is 1. The number of rotatable bonds is 4. The van der Waals surface area contributed by atoms with Crippen molar-refractivity contribution in [2.75, 3.05) is 6.61 Å². The lowest BCUT2D eigenvalue weighted by Crippen LogP contribution is -1.98. The van der Waals surface area contributed by atoms with Gasteiger partial charge in [-0.25, -0.2) is 4.79 Å². The fraction of sp³-hybridized carbons (Fsp3) is 0.357. The third-order valence-electron chi connectivity index (χ3n) is 2.83. The highest BCUT2D eigenvalue weighted by Gasteiger charge is 2.35. The molecule has 1 saturated carbocycles. The summed E-state index contributed by atoms with van der Waals surface area (Å²) < 4.78 is 4.84. The second kappa shape index (κ2) is 4.97. The molecule has 84 valence electrons. The Morgan fingerprint density at radius 2 is 2.19 bits per heavy atom. The normalized spacial score (nSPS) is 23.3.